The number of methoxy groups -OCH3 is 1. The maximum Gasteiger partial charge on any atom is 0.355 e. The topological polar surface area (TPSA) is 111 Å². The van der Waals surface area contributed by atoms with Gasteiger partial charge in [-0.2, -0.15) is 4.98 Å². The van der Waals surface area contributed by atoms with Crippen LogP contribution >= 0.6 is 0 Å². The number of ether oxygens (including phenoxy) is 2. The number of fused-ring (bicyclic) bond motifs is 1. The van der Waals surface area contributed by atoms with Crippen LogP contribution in [-0.2, 0) is 19.2 Å². The molecule has 0 amide bonds. The molecule has 0 aromatic carbocycles. The first-order valence-corrected chi connectivity index (χ1v) is 10.4. The van der Waals surface area contributed by atoms with Gasteiger partial charge in [-0.3, -0.25) is 0 Å². The number of hydrogen-bond acceptors (Lipinski definition) is 8. The van der Waals surface area contributed by atoms with E-state index in [0.29, 0.717) is 17.8 Å². The van der Waals surface area contributed by atoms with E-state index in [1.54, 1.807) is 26.3 Å². The summed E-state index contributed by atoms with van der Waals surface area (Å²) in [5.41, 5.74) is 6.47. The van der Waals surface area contributed by atoms with E-state index >= 15 is 0 Å². The second-order valence-electron chi connectivity index (χ2n) is 8.99. The van der Waals surface area contributed by atoms with E-state index < -0.39 is 17.4 Å². The second-order valence-corrected chi connectivity index (χ2v) is 8.99. The summed E-state index contributed by atoms with van der Waals surface area (Å²) >= 11 is 0. The van der Waals surface area contributed by atoms with E-state index in [1.807, 2.05) is 18.4 Å². The van der Waals surface area contributed by atoms with E-state index in [-0.39, 0.29) is 24.5 Å². The summed E-state index contributed by atoms with van der Waals surface area (Å²) in [6.45, 7) is 5.79. The van der Waals surface area contributed by atoms with Crippen molar-refractivity contribution < 1.29 is 24.0 Å². The average molecular weight is 418 g/mol. The molecule has 2 fully saturated rings. The first kappa shape index (κ1) is 21.0. The highest BCUT2D eigenvalue weighted by molar-refractivity contribution is 5.94. The molecule has 2 N–H and O–H groups in total. The van der Waals surface area contributed by atoms with Gasteiger partial charge in [-0.25, -0.2) is 19.6 Å². The standard InChI is InChI=1S/C21H30N4O5/c1-20(2)10-14(21(3,27-4)30-29-20)12-28-18(26)16-9-13-11-23-19(22)24-17(13)25(16)15-7-5-6-8-15/h9,11,14-15H,5-8,10,12H2,1-4H3,(H2,22,23,24). The fourth-order valence-electron chi connectivity index (χ4n) is 4.45. The SMILES string of the molecule is COC1(C)OOC(C)(C)CC1COC(=O)c1cc2cnc(N)nc2n1C1CCCC1. The summed E-state index contributed by atoms with van der Waals surface area (Å²) in [5.74, 6) is -1.39. The third-order valence-electron chi connectivity index (χ3n) is 6.23. The molecular formula is C21H30N4O5. The highest BCUT2D eigenvalue weighted by Crippen LogP contribution is 2.39. The molecule has 1 aliphatic heterocycles. The fourth-order valence-corrected chi connectivity index (χ4v) is 4.45. The Balaban J connectivity index is 1.59. The first-order valence-electron chi connectivity index (χ1n) is 10.4. The Kier molecular flexibility index (Phi) is 5.46. The molecule has 9 nitrogen and oxygen atoms in total. The molecule has 0 spiro atoms. The van der Waals surface area contributed by atoms with Crippen LogP contribution in [0.5, 0.6) is 0 Å². The minimum atomic E-state index is -0.992. The van der Waals surface area contributed by atoms with E-state index in [4.69, 9.17) is 25.0 Å². The summed E-state index contributed by atoms with van der Waals surface area (Å²) in [6, 6.07) is 1.99. The van der Waals surface area contributed by atoms with Crippen molar-refractivity contribution in [3.05, 3.63) is 18.0 Å². The molecule has 4 rings (SSSR count). The second kappa shape index (κ2) is 7.79. The zero-order valence-corrected chi connectivity index (χ0v) is 18.0. The molecule has 3 heterocycles. The Bertz CT molecular complexity index is 937. The molecule has 9 heteroatoms. The van der Waals surface area contributed by atoms with Crippen molar-refractivity contribution >= 4 is 23.0 Å². The minimum Gasteiger partial charge on any atom is -0.461 e. The van der Waals surface area contributed by atoms with Gasteiger partial charge in [0.2, 0.25) is 11.7 Å². The van der Waals surface area contributed by atoms with Crippen LogP contribution in [-0.4, -0.2) is 45.6 Å². The predicted molar refractivity (Wildman–Crippen MR) is 109 cm³/mol. The fraction of sp³-hybridized carbons (Fsp3) is 0.667. The van der Waals surface area contributed by atoms with E-state index in [9.17, 15) is 4.79 Å². The molecule has 30 heavy (non-hydrogen) atoms. The number of esters is 1. The molecule has 0 radical (unpaired) electrons. The van der Waals surface area contributed by atoms with Crippen LogP contribution in [0.25, 0.3) is 11.0 Å². The Morgan fingerprint density at radius 3 is 2.73 bits per heavy atom. The van der Waals surface area contributed by atoms with Crippen molar-refractivity contribution in [2.45, 2.75) is 70.3 Å². The van der Waals surface area contributed by atoms with Gasteiger partial charge in [-0.15, -0.1) is 0 Å². The number of rotatable bonds is 5. The normalized spacial score (nSPS) is 26.9. The molecule has 164 valence electrons. The molecule has 2 atom stereocenters. The van der Waals surface area contributed by atoms with Gasteiger partial charge in [0.05, 0.1) is 18.1 Å². The number of nitrogens with zero attached hydrogens (tertiary/aromatic N) is 3. The van der Waals surface area contributed by atoms with Crippen LogP contribution in [0.4, 0.5) is 5.95 Å². The molecule has 0 bridgehead atoms. The molecule has 1 aliphatic carbocycles. The quantitative estimate of drug-likeness (QED) is 0.581. The van der Waals surface area contributed by atoms with Crippen LogP contribution in [0.3, 0.4) is 0 Å². The number of nitrogen functional groups attached to an aromatic ring is 1. The number of nitrogens with two attached hydrogens (primary N) is 1. The van der Waals surface area contributed by atoms with Crippen LogP contribution < -0.4 is 5.73 Å². The van der Waals surface area contributed by atoms with Gasteiger partial charge in [0.1, 0.15) is 11.3 Å². The van der Waals surface area contributed by atoms with Crippen molar-refractivity contribution in [2.75, 3.05) is 19.5 Å². The smallest absolute Gasteiger partial charge is 0.355 e. The molecule has 1 saturated carbocycles. The summed E-state index contributed by atoms with van der Waals surface area (Å²) < 4.78 is 13.3. The van der Waals surface area contributed by atoms with Crippen molar-refractivity contribution in [2.24, 2.45) is 5.92 Å². The van der Waals surface area contributed by atoms with E-state index in [2.05, 4.69) is 9.97 Å². The maximum atomic E-state index is 13.1. The lowest BCUT2D eigenvalue weighted by molar-refractivity contribution is -0.495. The number of carbonyl (C=O) groups is 1. The largest absolute Gasteiger partial charge is 0.461 e. The Morgan fingerprint density at radius 1 is 1.30 bits per heavy atom. The van der Waals surface area contributed by atoms with Gasteiger partial charge < -0.3 is 19.8 Å². The lowest BCUT2D eigenvalue weighted by atomic mass is 9.87. The first-order chi connectivity index (χ1) is 14.2. The van der Waals surface area contributed by atoms with Crippen LogP contribution in [0.15, 0.2) is 12.3 Å². The zero-order chi connectivity index (χ0) is 21.5. The molecule has 1 saturated heterocycles. The molecule has 2 aromatic heterocycles. The number of anilines is 1. The Labute approximate surface area is 175 Å². The monoisotopic (exact) mass is 418 g/mol. The number of hydrogen-bond donors (Lipinski definition) is 1. The third-order valence-corrected chi connectivity index (χ3v) is 6.23. The maximum absolute atomic E-state index is 13.1. The predicted octanol–water partition coefficient (Wildman–Crippen LogP) is 3.39. The summed E-state index contributed by atoms with van der Waals surface area (Å²) in [6.07, 6.45) is 6.52. The van der Waals surface area contributed by atoms with Gasteiger partial charge in [-0.1, -0.05) is 12.8 Å². The molecular weight excluding hydrogens is 388 g/mol. The van der Waals surface area contributed by atoms with Gasteiger partial charge in [0, 0.05) is 24.7 Å². The van der Waals surface area contributed by atoms with Gasteiger partial charge >= 0.3 is 5.97 Å². The van der Waals surface area contributed by atoms with Gasteiger partial charge in [0.25, 0.3) is 0 Å². The van der Waals surface area contributed by atoms with Crippen molar-refractivity contribution in [3.8, 4) is 0 Å². The highest BCUT2D eigenvalue weighted by atomic mass is 17.2. The van der Waals surface area contributed by atoms with Crippen LogP contribution in [0, 0.1) is 5.92 Å². The van der Waals surface area contributed by atoms with Gasteiger partial charge in [-0.05, 0) is 46.1 Å². The van der Waals surface area contributed by atoms with Crippen LogP contribution in [0.1, 0.15) is 69.4 Å². The lowest BCUT2D eigenvalue weighted by Gasteiger charge is -2.44. The van der Waals surface area contributed by atoms with Crippen molar-refractivity contribution in [1.29, 1.82) is 0 Å². The number of carbonyl (C=O) groups excluding carboxylic acids is 1. The van der Waals surface area contributed by atoms with Crippen molar-refractivity contribution in [1.82, 2.24) is 14.5 Å². The molecule has 2 aliphatic rings. The summed E-state index contributed by atoms with van der Waals surface area (Å²) in [7, 11) is 1.55. The van der Waals surface area contributed by atoms with Crippen LogP contribution in [0.2, 0.25) is 0 Å². The van der Waals surface area contributed by atoms with E-state index in [0.717, 1.165) is 31.1 Å². The van der Waals surface area contributed by atoms with E-state index in [1.165, 1.54) is 0 Å². The summed E-state index contributed by atoms with van der Waals surface area (Å²) in [4.78, 5) is 32.5. The number of aromatic nitrogens is 3. The Hall–Kier alpha value is -2.23. The lowest BCUT2D eigenvalue weighted by Crippen LogP contribution is -2.52. The third kappa shape index (κ3) is 3.89. The zero-order valence-electron chi connectivity index (χ0n) is 18.0. The van der Waals surface area contributed by atoms with Crippen molar-refractivity contribution in [3.63, 3.8) is 0 Å². The van der Waals surface area contributed by atoms with Gasteiger partial charge in [0.15, 0.2) is 0 Å². The highest BCUT2D eigenvalue weighted by Gasteiger charge is 2.47. The average Bonchev–Trinajstić information content (AvgIpc) is 3.35. The molecule has 2 unspecified atom stereocenters. The summed E-state index contributed by atoms with van der Waals surface area (Å²) in [5, 5.41) is 0.778. The minimum absolute atomic E-state index is 0.149. The molecule has 2 aromatic rings. The Morgan fingerprint density at radius 2 is 2.03 bits per heavy atom.